The van der Waals surface area contributed by atoms with E-state index in [-0.39, 0.29) is 11.6 Å². The van der Waals surface area contributed by atoms with Gasteiger partial charge < -0.3 is 24.7 Å². The zero-order chi connectivity index (χ0) is 19.3. The predicted octanol–water partition coefficient (Wildman–Crippen LogP) is 0.911. The van der Waals surface area contributed by atoms with E-state index in [1.807, 2.05) is 0 Å². The number of pyridine rings is 1. The average molecular weight is 384 g/mol. The zero-order valence-electron chi connectivity index (χ0n) is 14.5. The number of nitrogen functional groups attached to an aromatic ring is 1. The van der Waals surface area contributed by atoms with Gasteiger partial charge in [0.1, 0.15) is 0 Å². The van der Waals surface area contributed by atoms with E-state index in [2.05, 4.69) is 4.98 Å². The summed E-state index contributed by atoms with van der Waals surface area (Å²) in [5, 5.41) is 0. The van der Waals surface area contributed by atoms with E-state index in [9.17, 15) is 14.4 Å². The van der Waals surface area contributed by atoms with Crippen LogP contribution in [-0.2, 0) is 28.6 Å². The van der Waals surface area contributed by atoms with E-state index in [0.717, 1.165) is 0 Å². The van der Waals surface area contributed by atoms with Crippen LogP contribution in [0.15, 0.2) is 18.3 Å². The third-order valence-electron chi connectivity index (χ3n) is 3.35. The van der Waals surface area contributed by atoms with Crippen LogP contribution in [-0.4, -0.2) is 52.4 Å². The lowest BCUT2D eigenvalue weighted by Gasteiger charge is -2.39. The largest absolute Gasteiger partial charge is 0.472 e. The van der Waals surface area contributed by atoms with Crippen LogP contribution < -0.4 is 10.5 Å². The molecule has 0 aliphatic carbocycles. The fourth-order valence-electron chi connectivity index (χ4n) is 2.44. The molecule has 1 aromatic heterocycles. The molecular weight excluding hydrogens is 364 g/mol. The third-order valence-corrected chi connectivity index (χ3v) is 4.56. The minimum absolute atomic E-state index is 0.167. The summed E-state index contributed by atoms with van der Waals surface area (Å²) >= 11 is 1.25. The van der Waals surface area contributed by atoms with Crippen molar-refractivity contribution in [2.75, 3.05) is 11.5 Å². The van der Waals surface area contributed by atoms with Gasteiger partial charge >= 0.3 is 17.9 Å². The summed E-state index contributed by atoms with van der Waals surface area (Å²) < 4.78 is 21.7. The molecule has 0 unspecified atom stereocenters. The number of anilines is 1. The van der Waals surface area contributed by atoms with Gasteiger partial charge in [-0.25, -0.2) is 4.98 Å². The second-order valence-electron chi connectivity index (χ2n) is 5.50. The Balaban J connectivity index is 2.29. The molecule has 26 heavy (non-hydrogen) atoms. The predicted molar refractivity (Wildman–Crippen MR) is 92.2 cm³/mol. The van der Waals surface area contributed by atoms with Gasteiger partial charge in [-0.2, -0.15) is 0 Å². The summed E-state index contributed by atoms with van der Waals surface area (Å²) in [5.74, 6) is -0.986. The Hall–Kier alpha value is -2.49. The summed E-state index contributed by atoms with van der Waals surface area (Å²) in [6.45, 7) is 3.68. The van der Waals surface area contributed by atoms with Gasteiger partial charge in [0, 0.05) is 32.7 Å². The highest BCUT2D eigenvalue weighted by molar-refractivity contribution is 7.99. The highest BCUT2D eigenvalue weighted by atomic mass is 32.2. The van der Waals surface area contributed by atoms with Crippen molar-refractivity contribution in [1.29, 1.82) is 0 Å². The van der Waals surface area contributed by atoms with Crippen LogP contribution in [0.5, 0.6) is 5.75 Å². The van der Waals surface area contributed by atoms with Crippen molar-refractivity contribution >= 4 is 35.5 Å². The normalized spacial score (nSPS) is 25.0. The number of nitrogens with two attached hydrogens (primary N) is 1. The van der Waals surface area contributed by atoms with Crippen LogP contribution in [0.2, 0.25) is 0 Å². The van der Waals surface area contributed by atoms with Gasteiger partial charge in [-0.1, -0.05) is 0 Å². The number of aromatic nitrogens is 1. The van der Waals surface area contributed by atoms with E-state index in [4.69, 9.17) is 24.7 Å². The molecule has 1 aliphatic heterocycles. The number of carbonyl (C=O) groups is 3. The standard InChI is InChI=1S/C16H20N2O7S/c1-8(19)22-12-7-26-16(25-11-5-4-6-18-15(11)17)14(24-10(3)21)13(12)23-9(2)20/h4-6,12-14,16H,7H2,1-3H3,(H2,17,18)/t12-,13+,14-,16-/m1/s1. The molecule has 2 N–H and O–H groups in total. The smallest absolute Gasteiger partial charge is 0.303 e. The number of nitrogens with zero attached hydrogens (tertiary/aromatic N) is 1. The zero-order valence-corrected chi connectivity index (χ0v) is 15.4. The quantitative estimate of drug-likeness (QED) is 0.578. The average Bonchev–Trinajstić information content (AvgIpc) is 2.53. The molecule has 4 atom stereocenters. The number of thioether (sulfide) groups is 1. The summed E-state index contributed by atoms with van der Waals surface area (Å²) in [6.07, 6.45) is -1.28. The Morgan fingerprint density at radius 1 is 1.08 bits per heavy atom. The monoisotopic (exact) mass is 384 g/mol. The van der Waals surface area contributed by atoms with Gasteiger partial charge in [0.25, 0.3) is 0 Å². The van der Waals surface area contributed by atoms with Crippen LogP contribution in [0.1, 0.15) is 20.8 Å². The van der Waals surface area contributed by atoms with E-state index >= 15 is 0 Å². The van der Waals surface area contributed by atoms with Gasteiger partial charge in [0.05, 0.1) is 0 Å². The van der Waals surface area contributed by atoms with Crippen LogP contribution in [0.3, 0.4) is 0 Å². The van der Waals surface area contributed by atoms with E-state index < -0.39 is 41.7 Å². The molecule has 142 valence electrons. The molecule has 10 heteroatoms. The molecule has 0 amide bonds. The number of ether oxygens (including phenoxy) is 4. The molecule has 0 aromatic carbocycles. The summed E-state index contributed by atoms with van der Waals surface area (Å²) in [4.78, 5) is 38.4. The van der Waals surface area contributed by atoms with E-state index in [1.54, 1.807) is 12.1 Å². The molecule has 0 radical (unpaired) electrons. The lowest BCUT2D eigenvalue weighted by atomic mass is 10.1. The van der Waals surface area contributed by atoms with Gasteiger partial charge in [-0.15, -0.1) is 11.8 Å². The number of hydrogen-bond acceptors (Lipinski definition) is 10. The molecule has 0 bridgehead atoms. The number of hydrogen-bond donors (Lipinski definition) is 1. The minimum atomic E-state index is -1.01. The summed E-state index contributed by atoms with van der Waals surface area (Å²) in [6, 6.07) is 3.26. The molecule has 1 fully saturated rings. The number of rotatable bonds is 5. The van der Waals surface area contributed by atoms with Gasteiger partial charge in [0.2, 0.25) is 0 Å². The molecular formula is C16H20N2O7S. The maximum atomic E-state index is 11.6. The molecule has 0 saturated carbocycles. The lowest BCUT2D eigenvalue weighted by molar-refractivity contribution is -0.186. The van der Waals surface area contributed by atoms with Crippen LogP contribution in [0.25, 0.3) is 0 Å². The lowest BCUT2D eigenvalue weighted by Crippen LogP contribution is -2.55. The first kappa shape index (κ1) is 19.8. The summed E-state index contributed by atoms with van der Waals surface area (Å²) in [7, 11) is 0. The maximum absolute atomic E-state index is 11.6. The topological polar surface area (TPSA) is 127 Å². The molecule has 0 spiro atoms. The number of carbonyl (C=O) groups excluding carboxylic acids is 3. The molecule has 9 nitrogen and oxygen atoms in total. The molecule has 2 rings (SSSR count). The first-order valence-electron chi connectivity index (χ1n) is 7.78. The maximum Gasteiger partial charge on any atom is 0.303 e. The fourth-order valence-corrected chi connectivity index (χ4v) is 3.65. The Kier molecular flexibility index (Phi) is 6.67. The van der Waals surface area contributed by atoms with Crippen LogP contribution >= 0.6 is 11.8 Å². The van der Waals surface area contributed by atoms with Crippen molar-refractivity contribution in [1.82, 2.24) is 4.98 Å². The second kappa shape index (κ2) is 8.75. The Morgan fingerprint density at radius 2 is 1.69 bits per heavy atom. The molecule has 2 heterocycles. The minimum Gasteiger partial charge on any atom is -0.472 e. The van der Waals surface area contributed by atoms with Crippen molar-refractivity contribution < 1.29 is 33.3 Å². The highest BCUT2D eigenvalue weighted by Gasteiger charge is 2.47. The van der Waals surface area contributed by atoms with Crippen molar-refractivity contribution in [3.8, 4) is 5.75 Å². The Morgan fingerprint density at radius 3 is 2.27 bits per heavy atom. The first-order chi connectivity index (χ1) is 12.3. The highest BCUT2D eigenvalue weighted by Crippen LogP contribution is 2.35. The van der Waals surface area contributed by atoms with E-state index in [0.29, 0.717) is 5.75 Å². The van der Waals surface area contributed by atoms with Crippen molar-refractivity contribution in [2.45, 2.75) is 44.5 Å². The SMILES string of the molecule is CC(=O)O[C@@H]1[C@@H](OC(C)=O)[C@H](OC(C)=O)CS[C@H]1Oc1cccnc1N. The van der Waals surface area contributed by atoms with Gasteiger partial charge in [0.15, 0.2) is 35.3 Å². The fraction of sp³-hybridized carbons (Fsp3) is 0.500. The van der Waals surface area contributed by atoms with Crippen LogP contribution in [0.4, 0.5) is 5.82 Å². The molecule has 1 aromatic rings. The Labute approximate surface area is 154 Å². The van der Waals surface area contributed by atoms with Gasteiger partial charge in [-0.05, 0) is 12.1 Å². The van der Waals surface area contributed by atoms with Crippen molar-refractivity contribution in [3.63, 3.8) is 0 Å². The molecule has 1 aliphatic rings. The second-order valence-corrected chi connectivity index (χ2v) is 6.63. The third kappa shape index (κ3) is 5.25. The Bertz CT molecular complexity index is 684. The van der Waals surface area contributed by atoms with Crippen LogP contribution in [0, 0.1) is 0 Å². The molecule has 1 saturated heterocycles. The van der Waals surface area contributed by atoms with E-state index in [1.165, 1.54) is 38.7 Å². The van der Waals surface area contributed by atoms with Gasteiger partial charge in [-0.3, -0.25) is 14.4 Å². The van der Waals surface area contributed by atoms with Crippen molar-refractivity contribution in [2.24, 2.45) is 0 Å². The summed E-state index contributed by atoms with van der Waals surface area (Å²) in [5.41, 5.74) is 5.05. The van der Waals surface area contributed by atoms with Crippen molar-refractivity contribution in [3.05, 3.63) is 18.3 Å². The first-order valence-corrected chi connectivity index (χ1v) is 8.83. The number of esters is 3.